The average Bonchev–Trinajstić information content (AvgIpc) is 3.53. The number of fused-ring (bicyclic) bond motifs is 3. The first-order valence-electron chi connectivity index (χ1n) is 9.93. The van der Waals surface area contributed by atoms with Crippen molar-refractivity contribution in [2.75, 3.05) is 52.9 Å². The van der Waals surface area contributed by atoms with Gasteiger partial charge in [-0.2, -0.15) is 0 Å². The zero-order valence-electron chi connectivity index (χ0n) is 15.8. The van der Waals surface area contributed by atoms with Crippen LogP contribution in [0.25, 0.3) is 0 Å². The van der Waals surface area contributed by atoms with Gasteiger partial charge in [-0.25, -0.2) is 0 Å². The molecule has 1 aromatic carbocycles. The van der Waals surface area contributed by atoms with E-state index in [1.165, 1.54) is 51.1 Å². The minimum Gasteiger partial charge on any atom is -0.493 e. The van der Waals surface area contributed by atoms with Crippen LogP contribution in [0.5, 0.6) is 5.75 Å². The highest BCUT2D eigenvalue weighted by atomic mass is 16.5. The number of piperazine rings is 3. The van der Waals surface area contributed by atoms with Crippen molar-refractivity contribution in [2.24, 2.45) is 10.9 Å². The standard InChI is InChI=1S/C20H31N5O/c1-21-20(23-13-18-14-24-8-10-25(18)11-9-24)22-12-17-4-2-3-5-19(17)26-15-16-6-7-16/h2-5,16,18H,6-15H2,1H3,(H2,21,22,23). The van der Waals surface area contributed by atoms with Crippen molar-refractivity contribution >= 4 is 5.96 Å². The summed E-state index contributed by atoms with van der Waals surface area (Å²) in [4.78, 5) is 9.55. The molecule has 0 spiro atoms. The molecule has 0 aromatic heterocycles. The van der Waals surface area contributed by atoms with E-state index in [0.717, 1.165) is 37.3 Å². The monoisotopic (exact) mass is 357 g/mol. The first kappa shape index (κ1) is 17.6. The normalized spacial score (nSPS) is 28.0. The van der Waals surface area contributed by atoms with Crippen LogP contribution in [-0.4, -0.2) is 74.7 Å². The molecule has 6 heteroatoms. The van der Waals surface area contributed by atoms with Crippen LogP contribution in [0.2, 0.25) is 0 Å². The summed E-state index contributed by atoms with van der Waals surface area (Å²) in [6.07, 6.45) is 2.62. The van der Waals surface area contributed by atoms with E-state index in [2.05, 4.69) is 43.6 Å². The third kappa shape index (κ3) is 4.48. The van der Waals surface area contributed by atoms with Crippen molar-refractivity contribution in [2.45, 2.75) is 25.4 Å². The third-order valence-corrected chi connectivity index (χ3v) is 5.71. The third-order valence-electron chi connectivity index (χ3n) is 5.71. The van der Waals surface area contributed by atoms with Gasteiger partial charge in [0.2, 0.25) is 0 Å². The number of nitrogens with one attached hydrogen (secondary N) is 2. The van der Waals surface area contributed by atoms with E-state index in [-0.39, 0.29) is 0 Å². The molecule has 1 atom stereocenters. The molecule has 1 saturated carbocycles. The van der Waals surface area contributed by atoms with Gasteiger partial charge in [0.1, 0.15) is 5.75 Å². The van der Waals surface area contributed by atoms with Crippen molar-refractivity contribution in [1.29, 1.82) is 0 Å². The van der Waals surface area contributed by atoms with E-state index in [0.29, 0.717) is 6.04 Å². The van der Waals surface area contributed by atoms with Crippen LogP contribution in [-0.2, 0) is 6.54 Å². The number of aliphatic imine (C=N–C) groups is 1. The molecule has 1 aliphatic carbocycles. The van der Waals surface area contributed by atoms with Crippen molar-refractivity contribution in [1.82, 2.24) is 20.4 Å². The number of rotatable bonds is 7. The largest absolute Gasteiger partial charge is 0.493 e. The summed E-state index contributed by atoms with van der Waals surface area (Å²) in [6.45, 7) is 8.52. The Morgan fingerprint density at radius 3 is 2.65 bits per heavy atom. The van der Waals surface area contributed by atoms with Crippen LogP contribution < -0.4 is 15.4 Å². The molecule has 4 fully saturated rings. The van der Waals surface area contributed by atoms with Crippen LogP contribution in [0.3, 0.4) is 0 Å². The molecule has 0 radical (unpaired) electrons. The van der Waals surface area contributed by atoms with Crippen LogP contribution in [0.15, 0.2) is 29.3 Å². The smallest absolute Gasteiger partial charge is 0.191 e. The lowest BCUT2D eigenvalue weighted by Crippen LogP contribution is -2.63. The van der Waals surface area contributed by atoms with Gasteiger partial charge in [-0.1, -0.05) is 18.2 Å². The molecule has 1 unspecified atom stereocenters. The van der Waals surface area contributed by atoms with Crippen molar-refractivity contribution in [3.63, 3.8) is 0 Å². The number of hydrogen-bond acceptors (Lipinski definition) is 4. The number of benzene rings is 1. The molecule has 0 amide bonds. The maximum Gasteiger partial charge on any atom is 0.191 e. The van der Waals surface area contributed by atoms with E-state index in [1.807, 2.05) is 13.1 Å². The summed E-state index contributed by atoms with van der Waals surface area (Å²) in [7, 11) is 1.83. The van der Waals surface area contributed by atoms with Gasteiger partial charge in [0.05, 0.1) is 6.61 Å². The fourth-order valence-corrected chi connectivity index (χ4v) is 3.82. The molecule has 3 aliphatic heterocycles. The quantitative estimate of drug-likeness (QED) is 0.566. The molecular weight excluding hydrogens is 326 g/mol. The highest BCUT2D eigenvalue weighted by Crippen LogP contribution is 2.30. The topological polar surface area (TPSA) is 52.1 Å². The van der Waals surface area contributed by atoms with E-state index in [1.54, 1.807) is 0 Å². The first-order chi connectivity index (χ1) is 12.8. The number of para-hydroxylation sites is 1. The predicted octanol–water partition coefficient (Wildman–Crippen LogP) is 1.14. The van der Waals surface area contributed by atoms with Gasteiger partial charge in [0.15, 0.2) is 5.96 Å². The predicted molar refractivity (Wildman–Crippen MR) is 105 cm³/mol. The number of guanidine groups is 1. The maximum atomic E-state index is 6.00. The van der Waals surface area contributed by atoms with Crippen LogP contribution >= 0.6 is 0 Å². The number of nitrogens with zero attached hydrogens (tertiary/aromatic N) is 3. The fourth-order valence-electron chi connectivity index (χ4n) is 3.82. The van der Waals surface area contributed by atoms with Crippen molar-refractivity contribution < 1.29 is 4.74 Å². The lowest BCUT2D eigenvalue weighted by Gasteiger charge is -2.47. The Kier molecular flexibility index (Phi) is 5.60. The molecule has 3 heterocycles. The Bertz CT molecular complexity index is 622. The molecule has 142 valence electrons. The zero-order chi connectivity index (χ0) is 17.8. The molecular formula is C20H31N5O. The minimum absolute atomic E-state index is 0.588. The van der Waals surface area contributed by atoms with Crippen LogP contribution in [0.1, 0.15) is 18.4 Å². The van der Waals surface area contributed by atoms with E-state index in [4.69, 9.17) is 4.74 Å². The summed E-state index contributed by atoms with van der Waals surface area (Å²) in [6, 6.07) is 8.89. The first-order valence-corrected chi connectivity index (χ1v) is 9.93. The summed E-state index contributed by atoms with van der Waals surface area (Å²) >= 11 is 0. The molecule has 3 saturated heterocycles. The molecule has 2 N–H and O–H groups in total. The fraction of sp³-hybridized carbons (Fsp3) is 0.650. The SMILES string of the molecule is CN=C(NCc1ccccc1OCC1CC1)NCC1CN2CCN1CC2. The van der Waals surface area contributed by atoms with Crippen molar-refractivity contribution in [3.05, 3.63) is 29.8 Å². The molecule has 5 rings (SSSR count). The van der Waals surface area contributed by atoms with E-state index < -0.39 is 0 Å². The Morgan fingerprint density at radius 2 is 1.96 bits per heavy atom. The second-order valence-electron chi connectivity index (χ2n) is 7.66. The van der Waals surface area contributed by atoms with Gasteiger partial charge in [0.25, 0.3) is 0 Å². The molecule has 2 bridgehead atoms. The average molecular weight is 358 g/mol. The summed E-state index contributed by atoms with van der Waals surface area (Å²) in [5.74, 6) is 2.62. The van der Waals surface area contributed by atoms with Crippen LogP contribution in [0.4, 0.5) is 0 Å². The second kappa shape index (κ2) is 8.27. The Hall–Kier alpha value is -1.79. The summed E-state index contributed by atoms with van der Waals surface area (Å²) in [5, 5.41) is 6.94. The lowest BCUT2D eigenvalue weighted by atomic mass is 10.1. The van der Waals surface area contributed by atoms with Crippen molar-refractivity contribution in [3.8, 4) is 5.75 Å². The molecule has 6 nitrogen and oxygen atoms in total. The van der Waals surface area contributed by atoms with Gasteiger partial charge >= 0.3 is 0 Å². The lowest BCUT2D eigenvalue weighted by molar-refractivity contribution is 0.0154. The molecule has 4 aliphatic rings. The van der Waals surface area contributed by atoms with Gasteiger partial charge in [-0.05, 0) is 24.8 Å². The molecule has 26 heavy (non-hydrogen) atoms. The summed E-state index contributed by atoms with van der Waals surface area (Å²) < 4.78 is 6.00. The highest BCUT2D eigenvalue weighted by molar-refractivity contribution is 5.79. The van der Waals surface area contributed by atoms with Gasteiger partial charge in [-0.15, -0.1) is 0 Å². The van der Waals surface area contributed by atoms with Gasteiger partial charge in [-0.3, -0.25) is 14.8 Å². The zero-order valence-corrected chi connectivity index (χ0v) is 15.8. The minimum atomic E-state index is 0.588. The van der Waals surface area contributed by atoms with E-state index >= 15 is 0 Å². The Balaban J connectivity index is 1.26. The van der Waals surface area contributed by atoms with Gasteiger partial charge < -0.3 is 15.4 Å². The van der Waals surface area contributed by atoms with Gasteiger partial charge in [0, 0.05) is 64.5 Å². The molecule has 1 aromatic rings. The van der Waals surface area contributed by atoms with Crippen LogP contribution in [0, 0.1) is 5.92 Å². The van der Waals surface area contributed by atoms with E-state index in [9.17, 15) is 0 Å². The maximum absolute atomic E-state index is 6.00. The Morgan fingerprint density at radius 1 is 1.15 bits per heavy atom. The Labute approximate surface area is 156 Å². The summed E-state index contributed by atoms with van der Waals surface area (Å²) in [5.41, 5.74) is 1.18. The second-order valence-corrected chi connectivity index (χ2v) is 7.66. The highest BCUT2D eigenvalue weighted by Gasteiger charge is 2.31. The number of ether oxygens (including phenoxy) is 1. The number of hydrogen-bond donors (Lipinski definition) is 2.